The molecule has 7 heteroatoms. The minimum absolute atomic E-state index is 0.0300. The zero-order valence-electron chi connectivity index (χ0n) is 13.0. The van der Waals surface area contributed by atoms with Crippen LogP contribution in [0.5, 0.6) is 0 Å². The van der Waals surface area contributed by atoms with E-state index in [1.165, 1.54) is 12.1 Å². The fourth-order valence-electron chi connectivity index (χ4n) is 2.07. The van der Waals surface area contributed by atoms with Crippen LogP contribution in [0.15, 0.2) is 30.3 Å². The Labute approximate surface area is 133 Å². The number of aromatic nitrogens is 2. The molecule has 0 spiro atoms. The van der Waals surface area contributed by atoms with Crippen LogP contribution in [0.25, 0.3) is 0 Å². The van der Waals surface area contributed by atoms with Gasteiger partial charge in [-0.05, 0) is 25.5 Å². The molecular formula is C16H19F3N4. The summed E-state index contributed by atoms with van der Waals surface area (Å²) in [4.78, 5) is 8.46. The lowest BCUT2D eigenvalue weighted by atomic mass is 10.1. The summed E-state index contributed by atoms with van der Waals surface area (Å²) in [5, 5.41) is 5.81. The fourth-order valence-corrected chi connectivity index (χ4v) is 2.07. The van der Waals surface area contributed by atoms with Gasteiger partial charge in [0.15, 0.2) is 0 Å². The second kappa shape index (κ2) is 7.30. The summed E-state index contributed by atoms with van der Waals surface area (Å²) in [6, 6.07) is 6.93. The molecular weight excluding hydrogens is 305 g/mol. The molecule has 0 saturated heterocycles. The van der Waals surface area contributed by atoms with Crippen LogP contribution in [-0.2, 0) is 6.18 Å². The number of para-hydroxylation sites is 1. The van der Waals surface area contributed by atoms with Crippen molar-refractivity contribution in [3.8, 4) is 0 Å². The summed E-state index contributed by atoms with van der Waals surface area (Å²) < 4.78 is 39.1. The van der Waals surface area contributed by atoms with Crippen molar-refractivity contribution in [2.45, 2.75) is 32.9 Å². The molecule has 0 amide bonds. The third kappa shape index (κ3) is 4.84. The number of alkyl halides is 3. The Morgan fingerprint density at radius 3 is 2.57 bits per heavy atom. The van der Waals surface area contributed by atoms with Gasteiger partial charge in [-0.2, -0.15) is 18.2 Å². The van der Waals surface area contributed by atoms with Gasteiger partial charge in [0, 0.05) is 18.3 Å². The third-order valence-electron chi connectivity index (χ3n) is 3.16. The smallest absolute Gasteiger partial charge is 0.354 e. The highest BCUT2D eigenvalue weighted by atomic mass is 19.4. The predicted octanol–water partition coefficient (Wildman–Crippen LogP) is 4.76. The molecule has 0 fully saturated rings. The molecule has 0 atom stereocenters. The highest BCUT2D eigenvalue weighted by Gasteiger charge is 2.33. The van der Waals surface area contributed by atoms with Crippen molar-refractivity contribution < 1.29 is 13.2 Å². The number of unbranched alkanes of at least 4 members (excludes halogenated alkanes) is 1. The molecule has 4 nitrogen and oxygen atoms in total. The summed E-state index contributed by atoms with van der Waals surface area (Å²) in [6.45, 7) is 4.56. The van der Waals surface area contributed by atoms with Crippen LogP contribution in [-0.4, -0.2) is 16.5 Å². The standard InChI is InChI=1S/C16H19F3N4/c1-3-4-9-20-15-21-11(2)10-14(23-15)22-13-8-6-5-7-12(13)16(17,18)19/h5-8,10H,3-4,9H2,1-2H3,(H2,20,21,22,23). The summed E-state index contributed by atoms with van der Waals surface area (Å²) in [5.74, 6) is 0.735. The molecule has 1 aromatic heterocycles. The van der Waals surface area contributed by atoms with Gasteiger partial charge in [-0.15, -0.1) is 0 Å². The molecule has 124 valence electrons. The average Bonchev–Trinajstić information content (AvgIpc) is 2.46. The summed E-state index contributed by atoms with van der Waals surface area (Å²) in [5.41, 5.74) is -0.0830. The van der Waals surface area contributed by atoms with Crippen LogP contribution in [0.3, 0.4) is 0 Å². The molecule has 23 heavy (non-hydrogen) atoms. The maximum Gasteiger partial charge on any atom is 0.418 e. The van der Waals surface area contributed by atoms with E-state index in [-0.39, 0.29) is 5.69 Å². The Kier molecular flexibility index (Phi) is 5.41. The lowest BCUT2D eigenvalue weighted by Crippen LogP contribution is -2.10. The SMILES string of the molecule is CCCCNc1nc(C)cc(Nc2ccccc2C(F)(F)F)n1. The van der Waals surface area contributed by atoms with Gasteiger partial charge in [0.1, 0.15) is 5.82 Å². The zero-order valence-corrected chi connectivity index (χ0v) is 13.0. The van der Waals surface area contributed by atoms with Gasteiger partial charge in [0.25, 0.3) is 0 Å². The molecule has 0 aliphatic rings. The highest BCUT2D eigenvalue weighted by molar-refractivity contribution is 5.62. The predicted molar refractivity (Wildman–Crippen MR) is 84.9 cm³/mol. The first-order valence-corrected chi connectivity index (χ1v) is 7.43. The van der Waals surface area contributed by atoms with Crippen molar-refractivity contribution in [3.05, 3.63) is 41.6 Å². The lowest BCUT2D eigenvalue weighted by molar-refractivity contribution is -0.136. The Balaban J connectivity index is 2.24. The number of nitrogens with one attached hydrogen (secondary N) is 2. The molecule has 0 unspecified atom stereocenters. The van der Waals surface area contributed by atoms with E-state index in [9.17, 15) is 13.2 Å². The molecule has 0 aliphatic carbocycles. The molecule has 1 heterocycles. The number of anilines is 3. The monoisotopic (exact) mass is 324 g/mol. The van der Waals surface area contributed by atoms with Crippen molar-refractivity contribution in [2.24, 2.45) is 0 Å². The minimum atomic E-state index is -4.42. The van der Waals surface area contributed by atoms with E-state index >= 15 is 0 Å². The summed E-state index contributed by atoms with van der Waals surface area (Å²) in [6.07, 6.45) is -2.42. The van der Waals surface area contributed by atoms with Crippen molar-refractivity contribution in [2.75, 3.05) is 17.2 Å². The van der Waals surface area contributed by atoms with Crippen LogP contribution in [0.2, 0.25) is 0 Å². The Morgan fingerprint density at radius 2 is 1.87 bits per heavy atom. The van der Waals surface area contributed by atoms with Gasteiger partial charge >= 0.3 is 6.18 Å². The molecule has 2 N–H and O–H groups in total. The normalized spacial score (nSPS) is 11.3. The van der Waals surface area contributed by atoms with E-state index in [1.807, 2.05) is 0 Å². The molecule has 1 aromatic carbocycles. The number of aryl methyl sites for hydroxylation is 1. The first-order chi connectivity index (χ1) is 10.9. The molecule has 0 bridgehead atoms. The Morgan fingerprint density at radius 1 is 1.13 bits per heavy atom. The maximum absolute atomic E-state index is 13.0. The third-order valence-corrected chi connectivity index (χ3v) is 3.16. The van der Waals surface area contributed by atoms with Gasteiger partial charge in [-0.3, -0.25) is 0 Å². The topological polar surface area (TPSA) is 49.8 Å². The van der Waals surface area contributed by atoms with Gasteiger partial charge in [0.2, 0.25) is 5.95 Å². The maximum atomic E-state index is 13.0. The number of nitrogens with zero attached hydrogens (tertiary/aromatic N) is 2. The van der Waals surface area contributed by atoms with E-state index in [4.69, 9.17) is 0 Å². The van der Waals surface area contributed by atoms with E-state index in [0.717, 1.165) is 25.5 Å². The summed E-state index contributed by atoms with van der Waals surface area (Å²) >= 11 is 0. The fraction of sp³-hybridized carbons (Fsp3) is 0.375. The molecule has 2 aromatic rings. The first-order valence-electron chi connectivity index (χ1n) is 7.43. The van der Waals surface area contributed by atoms with E-state index in [0.29, 0.717) is 17.5 Å². The van der Waals surface area contributed by atoms with Gasteiger partial charge in [-0.1, -0.05) is 25.5 Å². The number of halogens is 3. The van der Waals surface area contributed by atoms with E-state index in [1.54, 1.807) is 19.1 Å². The molecule has 0 aliphatic heterocycles. The Bertz CT molecular complexity index is 656. The van der Waals surface area contributed by atoms with Crippen molar-refractivity contribution >= 4 is 17.5 Å². The van der Waals surface area contributed by atoms with Crippen molar-refractivity contribution in [1.82, 2.24) is 9.97 Å². The average molecular weight is 324 g/mol. The number of hydrogen-bond acceptors (Lipinski definition) is 4. The first kappa shape index (κ1) is 17.1. The van der Waals surface area contributed by atoms with E-state index < -0.39 is 11.7 Å². The van der Waals surface area contributed by atoms with Gasteiger partial charge in [0.05, 0.1) is 11.3 Å². The van der Waals surface area contributed by atoms with Crippen molar-refractivity contribution in [1.29, 1.82) is 0 Å². The van der Waals surface area contributed by atoms with Crippen LogP contribution < -0.4 is 10.6 Å². The quantitative estimate of drug-likeness (QED) is 0.752. The highest BCUT2D eigenvalue weighted by Crippen LogP contribution is 2.35. The zero-order chi connectivity index (χ0) is 16.9. The van der Waals surface area contributed by atoms with Gasteiger partial charge in [-0.25, -0.2) is 4.98 Å². The molecule has 0 saturated carbocycles. The number of hydrogen-bond donors (Lipinski definition) is 2. The van der Waals surface area contributed by atoms with E-state index in [2.05, 4.69) is 27.5 Å². The second-order valence-corrected chi connectivity index (χ2v) is 5.17. The number of benzene rings is 1. The Hall–Kier alpha value is -2.31. The molecule has 2 rings (SSSR count). The second-order valence-electron chi connectivity index (χ2n) is 5.17. The van der Waals surface area contributed by atoms with Crippen LogP contribution in [0, 0.1) is 6.92 Å². The van der Waals surface area contributed by atoms with Crippen LogP contribution in [0.1, 0.15) is 31.0 Å². The summed E-state index contributed by atoms with van der Waals surface area (Å²) in [7, 11) is 0. The number of rotatable bonds is 6. The van der Waals surface area contributed by atoms with Crippen molar-refractivity contribution in [3.63, 3.8) is 0 Å². The van der Waals surface area contributed by atoms with Gasteiger partial charge < -0.3 is 10.6 Å². The van der Waals surface area contributed by atoms with Crippen LogP contribution in [0.4, 0.5) is 30.6 Å². The van der Waals surface area contributed by atoms with Crippen LogP contribution >= 0.6 is 0 Å². The molecule has 0 radical (unpaired) electrons. The minimum Gasteiger partial charge on any atom is -0.354 e. The lowest BCUT2D eigenvalue weighted by Gasteiger charge is -2.14. The largest absolute Gasteiger partial charge is 0.418 e.